The standard InChI is InChI=1S/C18H18N4O2S/c1-2-3-9-22-18(24)15-7-5-4-6-14(15)16(21-22)17(23)20-19-11-13-8-10-25-12-13/h4-8,10-12H,2-3,9H2,1H3,(H,20,23)/b19-11-. The summed E-state index contributed by atoms with van der Waals surface area (Å²) in [6.45, 7) is 2.53. The summed E-state index contributed by atoms with van der Waals surface area (Å²) in [5.74, 6) is -0.437. The lowest BCUT2D eigenvalue weighted by atomic mass is 10.1. The molecule has 0 fully saturated rings. The summed E-state index contributed by atoms with van der Waals surface area (Å²) in [5.41, 5.74) is 3.43. The highest BCUT2D eigenvalue weighted by atomic mass is 32.1. The van der Waals surface area contributed by atoms with Crippen LogP contribution >= 0.6 is 11.3 Å². The first-order valence-corrected chi connectivity index (χ1v) is 9.00. The second kappa shape index (κ2) is 7.85. The van der Waals surface area contributed by atoms with E-state index in [-0.39, 0.29) is 11.3 Å². The normalized spacial score (nSPS) is 11.2. The molecule has 2 aromatic heterocycles. The molecule has 0 aliphatic rings. The average Bonchev–Trinajstić information content (AvgIpc) is 3.14. The monoisotopic (exact) mass is 354 g/mol. The van der Waals surface area contributed by atoms with Gasteiger partial charge in [0.1, 0.15) is 0 Å². The first-order chi connectivity index (χ1) is 12.2. The van der Waals surface area contributed by atoms with Crippen LogP contribution in [-0.4, -0.2) is 21.9 Å². The van der Waals surface area contributed by atoms with Gasteiger partial charge in [0.2, 0.25) is 0 Å². The Balaban J connectivity index is 1.94. The number of aryl methyl sites for hydroxylation is 1. The molecule has 1 amide bonds. The van der Waals surface area contributed by atoms with Crippen molar-refractivity contribution in [3.05, 3.63) is 62.7 Å². The number of carbonyl (C=O) groups excluding carboxylic acids is 1. The molecule has 6 nitrogen and oxygen atoms in total. The summed E-state index contributed by atoms with van der Waals surface area (Å²) >= 11 is 1.55. The Bertz CT molecular complexity index is 961. The topological polar surface area (TPSA) is 76.3 Å². The van der Waals surface area contributed by atoms with Crippen LogP contribution in [0, 0.1) is 0 Å². The fourth-order valence-corrected chi connectivity index (χ4v) is 3.04. The summed E-state index contributed by atoms with van der Waals surface area (Å²) < 4.78 is 1.36. The highest BCUT2D eigenvalue weighted by Crippen LogP contribution is 2.13. The van der Waals surface area contributed by atoms with Crippen molar-refractivity contribution in [3.63, 3.8) is 0 Å². The third kappa shape index (κ3) is 3.83. The minimum atomic E-state index is -0.437. The predicted octanol–water partition coefficient (Wildman–Crippen LogP) is 3.02. The van der Waals surface area contributed by atoms with Crippen LogP contribution in [0.2, 0.25) is 0 Å². The highest BCUT2D eigenvalue weighted by Gasteiger charge is 2.16. The maximum absolute atomic E-state index is 12.5. The smallest absolute Gasteiger partial charge is 0.267 e. The van der Waals surface area contributed by atoms with E-state index in [4.69, 9.17) is 0 Å². The van der Waals surface area contributed by atoms with E-state index in [0.717, 1.165) is 18.4 Å². The molecule has 0 saturated heterocycles. The summed E-state index contributed by atoms with van der Waals surface area (Å²) in [6.07, 6.45) is 3.33. The van der Waals surface area contributed by atoms with Crippen molar-refractivity contribution in [2.45, 2.75) is 26.3 Å². The van der Waals surface area contributed by atoms with Gasteiger partial charge in [-0.15, -0.1) is 0 Å². The fraction of sp³-hybridized carbons (Fsp3) is 0.222. The second-order valence-electron chi connectivity index (χ2n) is 5.53. The molecule has 1 N–H and O–H groups in total. The summed E-state index contributed by atoms with van der Waals surface area (Å²) in [4.78, 5) is 25.0. The number of nitrogens with zero attached hydrogens (tertiary/aromatic N) is 3. The molecule has 0 saturated carbocycles. The van der Waals surface area contributed by atoms with Crippen molar-refractivity contribution >= 4 is 34.2 Å². The number of rotatable bonds is 6. The number of nitrogens with one attached hydrogen (secondary N) is 1. The third-order valence-corrected chi connectivity index (χ3v) is 4.43. The van der Waals surface area contributed by atoms with Crippen molar-refractivity contribution in [1.29, 1.82) is 0 Å². The van der Waals surface area contributed by atoms with Gasteiger partial charge in [0, 0.05) is 17.5 Å². The molecule has 0 unspecified atom stereocenters. The van der Waals surface area contributed by atoms with Gasteiger partial charge in [0.25, 0.3) is 11.5 Å². The van der Waals surface area contributed by atoms with Crippen LogP contribution in [-0.2, 0) is 6.54 Å². The van der Waals surface area contributed by atoms with Crippen LogP contribution < -0.4 is 11.0 Å². The molecule has 2 heterocycles. The molecular formula is C18H18N4O2S. The third-order valence-electron chi connectivity index (χ3n) is 3.73. The van der Waals surface area contributed by atoms with Crippen molar-refractivity contribution in [2.24, 2.45) is 5.10 Å². The Kier molecular flexibility index (Phi) is 5.35. The molecule has 3 aromatic rings. The van der Waals surface area contributed by atoms with E-state index in [0.29, 0.717) is 17.3 Å². The van der Waals surface area contributed by atoms with Gasteiger partial charge in [-0.25, -0.2) is 10.1 Å². The summed E-state index contributed by atoms with van der Waals surface area (Å²) in [5, 5.41) is 13.1. The maximum atomic E-state index is 12.5. The molecule has 128 valence electrons. The van der Waals surface area contributed by atoms with E-state index in [1.54, 1.807) is 41.8 Å². The number of hydrogen-bond acceptors (Lipinski definition) is 5. The van der Waals surface area contributed by atoms with Gasteiger partial charge in [0.05, 0.1) is 11.6 Å². The van der Waals surface area contributed by atoms with E-state index >= 15 is 0 Å². The molecule has 7 heteroatoms. The molecule has 0 spiro atoms. The zero-order valence-electron chi connectivity index (χ0n) is 13.8. The number of amides is 1. The van der Waals surface area contributed by atoms with Crippen LogP contribution in [0.25, 0.3) is 10.8 Å². The van der Waals surface area contributed by atoms with Crippen molar-refractivity contribution in [3.8, 4) is 0 Å². The molecule has 3 rings (SSSR count). The Hall–Kier alpha value is -2.80. The summed E-state index contributed by atoms with van der Waals surface area (Å²) in [7, 11) is 0. The van der Waals surface area contributed by atoms with E-state index in [2.05, 4.69) is 15.6 Å². The van der Waals surface area contributed by atoms with Crippen LogP contribution in [0.3, 0.4) is 0 Å². The number of carbonyl (C=O) groups is 1. The van der Waals surface area contributed by atoms with E-state index in [1.165, 1.54) is 4.68 Å². The lowest BCUT2D eigenvalue weighted by Crippen LogP contribution is -2.29. The Morgan fingerprint density at radius 3 is 2.84 bits per heavy atom. The molecule has 25 heavy (non-hydrogen) atoms. The number of hydrogen-bond donors (Lipinski definition) is 1. The quantitative estimate of drug-likeness (QED) is 0.546. The van der Waals surface area contributed by atoms with Crippen LogP contribution in [0.15, 0.2) is 51.0 Å². The van der Waals surface area contributed by atoms with Gasteiger partial charge < -0.3 is 0 Å². The number of hydrazone groups is 1. The van der Waals surface area contributed by atoms with Crippen LogP contribution in [0.1, 0.15) is 35.8 Å². The predicted molar refractivity (Wildman–Crippen MR) is 100 cm³/mol. The Labute approximate surface area is 148 Å². The zero-order valence-corrected chi connectivity index (χ0v) is 14.6. The SMILES string of the molecule is CCCCn1nc(C(=O)N/N=C\c2ccsc2)c2ccccc2c1=O. The Morgan fingerprint density at radius 1 is 1.32 bits per heavy atom. The van der Waals surface area contributed by atoms with Crippen LogP contribution in [0.4, 0.5) is 0 Å². The minimum Gasteiger partial charge on any atom is -0.267 e. The largest absolute Gasteiger partial charge is 0.292 e. The van der Waals surface area contributed by atoms with Crippen molar-refractivity contribution in [1.82, 2.24) is 15.2 Å². The second-order valence-corrected chi connectivity index (χ2v) is 6.31. The average molecular weight is 354 g/mol. The fourth-order valence-electron chi connectivity index (χ4n) is 2.43. The number of fused-ring (bicyclic) bond motifs is 1. The maximum Gasteiger partial charge on any atom is 0.292 e. The molecule has 0 aliphatic carbocycles. The highest BCUT2D eigenvalue weighted by molar-refractivity contribution is 7.08. The van der Waals surface area contributed by atoms with E-state index < -0.39 is 5.91 Å². The van der Waals surface area contributed by atoms with E-state index in [1.807, 2.05) is 23.8 Å². The number of benzene rings is 1. The minimum absolute atomic E-state index is 0.178. The molecule has 0 atom stereocenters. The van der Waals surface area contributed by atoms with Gasteiger partial charge in [-0.3, -0.25) is 9.59 Å². The van der Waals surface area contributed by atoms with Gasteiger partial charge in [0.15, 0.2) is 5.69 Å². The molecule has 1 aromatic carbocycles. The molecule has 0 radical (unpaired) electrons. The van der Waals surface area contributed by atoms with Gasteiger partial charge in [-0.2, -0.15) is 21.5 Å². The van der Waals surface area contributed by atoms with Gasteiger partial charge in [-0.05, 0) is 29.3 Å². The van der Waals surface area contributed by atoms with Crippen molar-refractivity contribution < 1.29 is 4.79 Å². The first-order valence-electron chi connectivity index (χ1n) is 8.06. The van der Waals surface area contributed by atoms with Gasteiger partial charge in [-0.1, -0.05) is 31.5 Å². The summed E-state index contributed by atoms with van der Waals surface area (Å²) in [6, 6.07) is 8.91. The lowest BCUT2D eigenvalue weighted by molar-refractivity contribution is 0.0949. The van der Waals surface area contributed by atoms with E-state index in [9.17, 15) is 9.59 Å². The molecule has 0 aliphatic heterocycles. The van der Waals surface area contributed by atoms with Crippen molar-refractivity contribution in [2.75, 3.05) is 0 Å². The molecular weight excluding hydrogens is 336 g/mol. The number of unbranched alkanes of at least 4 members (excludes halogenated alkanes) is 1. The molecule has 0 bridgehead atoms. The number of thiophene rings is 1. The van der Waals surface area contributed by atoms with Gasteiger partial charge >= 0.3 is 0 Å². The number of aromatic nitrogens is 2. The zero-order chi connectivity index (χ0) is 17.6. The van der Waals surface area contributed by atoms with Crippen LogP contribution in [0.5, 0.6) is 0 Å². The first kappa shape index (κ1) is 17.0. The lowest BCUT2D eigenvalue weighted by Gasteiger charge is -2.09. The Morgan fingerprint density at radius 2 is 2.12 bits per heavy atom.